The van der Waals surface area contributed by atoms with Crippen molar-refractivity contribution in [1.29, 1.82) is 0 Å². The zero-order chi connectivity index (χ0) is 10.9. The van der Waals surface area contributed by atoms with E-state index in [0.717, 1.165) is 24.6 Å². The zero-order valence-electron chi connectivity index (χ0n) is 9.21. The second kappa shape index (κ2) is 4.16. The predicted molar refractivity (Wildman–Crippen MR) is 64.6 cm³/mol. The fourth-order valence-electron chi connectivity index (χ4n) is 1.99. The van der Waals surface area contributed by atoms with E-state index in [2.05, 4.69) is 50.0 Å². The summed E-state index contributed by atoms with van der Waals surface area (Å²) < 4.78 is 5.86. The Hall–Kier alpha value is -0.510. The average Bonchev–Trinajstić information content (AvgIpc) is 2.18. The first-order valence-corrected chi connectivity index (χ1v) is 5.71. The van der Waals surface area contributed by atoms with Crippen LogP contribution in [0.15, 0.2) is 23.1 Å². The molecule has 1 atom stereocenters. The van der Waals surface area contributed by atoms with Gasteiger partial charge >= 0.3 is 0 Å². The van der Waals surface area contributed by atoms with Gasteiger partial charge in [0.1, 0.15) is 5.60 Å². The van der Waals surface area contributed by atoms with Crippen LogP contribution in [0.2, 0.25) is 0 Å². The van der Waals surface area contributed by atoms with E-state index in [1.807, 2.05) is 0 Å². The van der Waals surface area contributed by atoms with Crippen molar-refractivity contribution in [2.75, 3.05) is 19.7 Å². The molecule has 1 aromatic rings. The van der Waals surface area contributed by atoms with E-state index in [1.165, 1.54) is 11.1 Å². The summed E-state index contributed by atoms with van der Waals surface area (Å²) in [6, 6.07) is 6.31. The van der Waals surface area contributed by atoms with Crippen molar-refractivity contribution < 1.29 is 4.74 Å². The highest BCUT2D eigenvalue weighted by Crippen LogP contribution is 2.31. The third-order valence-corrected chi connectivity index (χ3v) is 3.25. The number of aryl methyl sites for hydroxylation is 1. The molecule has 15 heavy (non-hydrogen) atoms. The summed E-state index contributed by atoms with van der Waals surface area (Å²) >= 11 is 4.52. The molecule has 0 spiro atoms. The largest absolute Gasteiger partial charge is 0.368 e. The highest BCUT2D eigenvalue weighted by molar-refractivity contribution is 7.80. The lowest BCUT2D eigenvalue weighted by atomic mass is 9.93. The van der Waals surface area contributed by atoms with E-state index in [-0.39, 0.29) is 5.60 Å². The Kier molecular flexibility index (Phi) is 3.05. The van der Waals surface area contributed by atoms with Gasteiger partial charge in [0.25, 0.3) is 0 Å². The summed E-state index contributed by atoms with van der Waals surface area (Å²) in [6.07, 6.45) is 0. The molecule has 1 fully saturated rings. The maximum atomic E-state index is 5.86. The van der Waals surface area contributed by atoms with Gasteiger partial charge in [0.15, 0.2) is 0 Å². The van der Waals surface area contributed by atoms with Crippen molar-refractivity contribution >= 4 is 12.6 Å². The summed E-state index contributed by atoms with van der Waals surface area (Å²) in [5.41, 5.74) is 2.17. The van der Waals surface area contributed by atoms with Crippen LogP contribution in [-0.2, 0) is 10.3 Å². The molecule has 2 rings (SSSR count). The molecule has 0 radical (unpaired) electrons. The Bertz CT molecular complexity index is 359. The molecule has 0 bridgehead atoms. The van der Waals surface area contributed by atoms with Crippen LogP contribution in [0, 0.1) is 6.92 Å². The van der Waals surface area contributed by atoms with Gasteiger partial charge in [0, 0.05) is 18.0 Å². The highest BCUT2D eigenvalue weighted by Gasteiger charge is 2.31. The number of rotatable bonds is 1. The number of hydrogen-bond acceptors (Lipinski definition) is 3. The second-order valence-electron chi connectivity index (χ2n) is 4.28. The Morgan fingerprint density at radius 2 is 2.27 bits per heavy atom. The van der Waals surface area contributed by atoms with Gasteiger partial charge < -0.3 is 10.1 Å². The fraction of sp³-hybridized carbons (Fsp3) is 0.500. The SMILES string of the molecule is Cc1ccc(C2(C)CNCCO2)c(S)c1. The molecule has 1 aliphatic heterocycles. The first kappa shape index (κ1) is 11.0. The van der Waals surface area contributed by atoms with Gasteiger partial charge in [0.2, 0.25) is 0 Å². The van der Waals surface area contributed by atoms with Crippen LogP contribution in [0.1, 0.15) is 18.1 Å². The summed E-state index contributed by atoms with van der Waals surface area (Å²) in [5.74, 6) is 0. The Morgan fingerprint density at radius 3 is 2.87 bits per heavy atom. The van der Waals surface area contributed by atoms with Crippen LogP contribution in [0.25, 0.3) is 0 Å². The van der Waals surface area contributed by atoms with Crippen molar-refractivity contribution in [1.82, 2.24) is 5.32 Å². The Morgan fingerprint density at radius 1 is 1.47 bits per heavy atom. The third kappa shape index (κ3) is 2.19. The van der Waals surface area contributed by atoms with Crippen LogP contribution in [0.3, 0.4) is 0 Å². The van der Waals surface area contributed by atoms with Crippen molar-refractivity contribution in [3.05, 3.63) is 29.3 Å². The predicted octanol–water partition coefficient (Wildman–Crippen LogP) is 2.12. The van der Waals surface area contributed by atoms with Gasteiger partial charge in [-0.2, -0.15) is 0 Å². The van der Waals surface area contributed by atoms with Gasteiger partial charge in [-0.25, -0.2) is 0 Å². The van der Waals surface area contributed by atoms with Crippen molar-refractivity contribution in [3.63, 3.8) is 0 Å². The van der Waals surface area contributed by atoms with Crippen LogP contribution in [-0.4, -0.2) is 19.7 Å². The van der Waals surface area contributed by atoms with Gasteiger partial charge in [-0.3, -0.25) is 0 Å². The molecule has 1 heterocycles. The van der Waals surface area contributed by atoms with E-state index in [0.29, 0.717) is 0 Å². The lowest BCUT2D eigenvalue weighted by Crippen LogP contribution is -2.45. The van der Waals surface area contributed by atoms with E-state index >= 15 is 0 Å². The van der Waals surface area contributed by atoms with Crippen LogP contribution >= 0.6 is 12.6 Å². The fourth-order valence-corrected chi connectivity index (χ4v) is 2.50. The maximum Gasteiger partial charge on any atom is 0.104 e. The number of ether oxygens (including phenoxy) is 1. The second-order valence-corrected chi connectivity index (χ2v) is 4.76. The molecule has 82 valence electrons. The molecule has 2 nitrogen and oxygen atoms in total. The Balaban J connectivity index is 2.35. The van der Waals surface area contributed by atoms with E-state index in [1.54, 1.807) is 0 Å². The number of morpholine rings is 1. The molecule has 1 aliphatic rings. The van der Waals surface area contributed by atoms with Gasteiger partial charge in [0.05, 0.1) is 6.61 Å². The van der Waals surface area contributed by atoms with E-state index in [4.69, 9.17) is 4.74 Å². The van der Waals surface area contributed by atoms with Gasteiger partial charge in [-0.15, -0.1) is 12.6 Å². The molecule has 0 saturated carbocycles. The zero-order valence-corrected chi connectivity index (χ0v) is 10.1. The molecule has 1 aromatic carbocycles. The summed E-state index contributed by atoms with van der Waals surface area (Å²) in [5, 5.41) is 3.36. The molecule has 3 heteroatoms. The smallest absolute Gasteiger partial charge is 0.104 e. The molecule has 1 unspecified atom stereocenters. The third-order valence-electron chi connectivity index (χ3n) is 2.88. The van der Waals surface area contributed by atoms with Crippen LogP contribution in [0.4, 0.5) is 0 Å². The van der Waals surface area contributed by atoms with Crippen LogP contribution in [0.5, 0.6) is 0 Å². The lowest BCUT2D eigenvalue weighted by molar-refractivity contribution is -0.0589. The first-order valence-electron chi connectivity index (χ1n) is 5.27. The Labute approximate surface area is 96.4 Å². The van der Waals surface area contributed by atoms with Crippen molar-refractivity contribution in [3.8, 4) is 0 Å². The standard InChI is InChI=1S/C12H17NOS/c1-9-3-4-10(11(15)7-9)12(2)8-13-5-6-14-12/h3-4,7,13,15H,5-6,8H2,1-2H3. The number of benzene rings is 1. The monoisotopic (exact) mass is 223 g/mol. The first-order chi connectivity index (χ1) is 7.12. The minimum atomic E-state index is -0.233. The van der Waals surface area contributed by atoms with E-state index < -0.39 is 0 Å². The van der Waals surface area contributed by atoms with Crippen molar-refractivity contribution in [2.24, 2.45) is 0 Å². The van der Waals surface area contributed by atoms with Crippen molar-refractivity contribution in [2.45, 2.75) is 24.3 Å². The maximum absolute atomic E-state index is 5.86. The molecular formula is C12H17NOS. The number of nitrogens with one attached hydrogen (secondary N) is 1. The summed E-state index contributed by atoms with van der Waals surface area (Å²) in [7, 11) is 0. The normalized spacial score (nSPS) is 26.6. The summed E-state index contributed by atoms with van der Waals surface area (Å²) in [4.78, 5) is 1.02. The molecule has 0 aromatic heterocycles. The number of hydrogen-bond donors (Lipinski definition) is 2. The lowest BCUT2D eigenvalue weighted by Gasteiger charge is -2.35. The molecule has 1 saturated heterocycles. The topological polar surface area (TPSA) is 21.3 Å². The molecule has 0 amide bonds. The minimum Gasteiger partial charge on any atom is -0.368 e. The summed E-state index contributed by atoms with van der Waals surface area (Å²) in [6.45, 7) is 6.74. The quantitative estimate of drug-likeness (QED) is 0.712. The van der Waals surface area contributed by atoms with Gasteiger partial charge in [-0.05, 0) is 25.5 Å². The van der Waals surface area contributed by atoms with E-state index in [9.17, 15) is 0 Å². The molecular weight excluding hydrogens is 206 g/mol. The minimum absolute atomic E-state index is 0.233. The highest BCUT2D eigenvalue weighted by atomic mass is 32.1. The number of thiol groups is 1. The van der Waals surface area contributed by atoms with Gasteiger partial charge in [-0.1, -0.05) is 17.7 Å². The van der Waals surface area contributed by atoms with Crippen LogP contribution < -0.4 is 5.32 Å². The molecule has 1 N–H and O–H groups in total. The average molecular weight is 223 g/mol. The molecule has 0 aliphatic carbocycles.